The fourth-order valence-corrected chi connectivity index (χ4v) is 5.30. The average Bonchev–Trinajstić information content (AvgIpc) is 3.48. The number of benzene rings is 2. The molecule has 7 nitrogen and oxygen atoms in total. The van der Waals surface area contributed by atoms with Crippen LogP contribution in [0.1, 0.15) is 76.3 Å². The summed E-state index contributed by atoms with van der Waals surface area (Å²) >= 11 is 0. The van der Waals surface area contributed by atoms with E-state index in [-0.39, 0.29) is 17.3 Å². The molecule has 2 saturated heterocycles. The topological polar surface area (TPSA) is 83.1 Å². The second-order valence-electron chi connectivity index (χ2n) is 12.3. The molecule has 7 heteroatoms. The van der Waals surface area contributed by atoms with E-state index in [0.29, 0.717) is 39.1 Å². The molecule has 4 rings (SSSR count). The van der Waals surface area contributed by atoms with Gasteiger partial charge in [0.05, 0.1) is 32.3 Å². The molecule has 1 amide bonds. The van der Waals surface area contributed by atoms with E-state index in [9.17, 15) is 9.59 Å². The lowest BCUT2D eigenvalue weighted by Gasteiger charge is -2.42. The van der Waals surface area contributed by atoms with Crippen molar-refractivity contribution in [2.45, 2.75) is 78.2 Å². The molecule has 2 aliphatic rings. The van der Waals surface area contributed by atoms with Crippen molar-refractivity contribution in [3.63, 3.8) is 0 Å². The number of hydrogen-bond donors (Lipinski definition) is 1. The van der Waals surface area contributed by atoms with E-state index in [4.69, 9.17) is 18.9 Å². The van der Waals surface area contributed by atoms with E-state index >= 15 is 0 Å². The van der Waals surface area contributed by atoms with Crippen molar-refractivity contribution >= 4 is 12.1 Å². The predicted octanol–water partition coefficient (Wildman–Crippen LogP) is 5.85. The molecular weight excluding hydrogens is 482 g/mol. The number of hydrogen-bond acceptors (Lipinski definition) is 6. The maximum absolute atomic E-state index is 13.1. The van der Waals surface area contributed by atoms with Gasteiger partial charge in [0, 0.05) is 16.9 Å². The quantitative estimate of drug-likeness (QED) is 0.459. The zero-order chi connectivity index (χ0) is 27.6. The highest BCUT2D eigenvalue weighted by molar-refractivity contribution is 5.71. The Morgan fingerprint density at radius 3 is 2.29 bits per heavy atom. The zero-order valence-corrected chi connectivity index (χ0v) is 23.5. The van der Waals surface area contributed by atoms with Crippen LogP contribution in [0.2, 0.25) is 0 Å². The number of alkyl carbamates (subject to hydrolysis) is 1. The number of carbonyl (C=O) groups excluding carboxylic acids is 2. The minimum atomic E-state index is -0.974. The van der Waals surface area contributed by atoms with Gasteiger partial charge in [-0.1, -0.05) is 69.3 Å². The highest BCUT2D eigenvalue weighted by Gasteiger charge is 2.50. The average molecular weight is 524 g/mol. The number of ether oxygens (including phenoxy) is 4. The Hall–Kier alpha value is -2.90. The maximum Gasteiger partial charge on any atom is 0.408 e. The number of rotatable bonds is 7. The molecule has 2 aromatic rings. The van der Waals surface area contributed by atoms with Crippen LogP contribution in [-0.2, 0) is 42.4 Å². The summed E-state index contributed by atoms with van der Waals surface area (Å²) in [6.07, 6.45) is 1.19. The van der Waals surface area contributed by atoms with Gasteiger partial charge in [-0.3, -0.25) is 4.79 Å². The third-order valence-corrected chi connectivity index (χ3v) is 6.96. The van der Waals surface area contributed by atoms with Gasteiger partial charge in [-0.15, -0.1) is 0 Å². The molecule has 2 aliphatic heterocycles. The fourth-order valence-electron chi connectivity index (χ4n) is 5.30. The maximum atomic E-state index is 13.1. The van der Waals surface area contributed by atoms with Crippen molar-refractivity contribution in [1.29, 1.82) is 0 Å². The molecule has 0 aliphatic carbocycles. The summed E-state index contributed by atoms with van der Waals surface area (Å²) in [5, 5.41) is 3.15. The molecule has 0 aromatic heterocycles. The SMILES string of the molecule is CC(C)(C)OC(=O)N[C@@H](Cc1ccccc1)c1cc(C[C@@H]2COC(=O)C2)ccc1C1(C(C)(C)C)OCCO1. The van der Waals surface area contributed by atoms with Gasteiger partial charge < -0.3 is 24.3 Å². The van der Waals surface area contributed by atoms with E-state index in [0.717, 1.165) is 22.3 Å². The van der Waals surface area contributed by atoms with E-state index in [1.165, 1.54) is 0 Å². The van der Waals surface area contributed by atoms with Gasteiger partial charge in [0.15, 0.2) is 5.79 Å². The predicted molar refractivity (Wildman–Crippen MR) is 145 cm³/mol. The van der Waals surface area contributed by atoms with Crippen molar-refractivity contribution in [3.8, 4) is 0 Å². The number of nitrogens with one attached hydrogen (secondary N) is 1. The summed E-state index contributed by atoms with van der Waals surface area (Å²) in [6.45, 7) is 13.3. The molecule has 0 spiro atoms. The molecule has 206 valence electrons. The number of amides is 1. The molecule has 0 saturated carbocycles. The molecule has 38 heavy (non-hydrogen) atoms. The normalized spacial score (nSPS) is 20.2. The van der Waals surface area contributed by atoms with Gasteiger partial charge in [-0.05, 0) is 50.3 Å². The van der Waals surface area contributed by atoms with Crippen LogP contribution in [0.15, 0.2) is 48.5 Å². The van der Waals surface area contributed by atoms with E-state index in [1.54, 1.807) is 0 Å². The van der Waals surface area contributed by atoms with Crippen molar-refractivity contribution in [2.24, 2.45) is 11.3 Å². The Morgan fingerprint density at radius 2 is 1.71 bits per heavy atom. The highest BCUT2D eigenvalue weighted by atomic mass is 16.7. The van der Waals surface area contributed by atoms with Crippen LogP contribution in [0.4, 0.5) is 4.79 Å². The Kier molecular flexibility index (Phi) is 8.19. The van der Waals surface area contributed by atoms with Crippen LogP contribution in [0.5, 0.6) is 0 Å². The van der Waals surface area contributed by atoms with Crippen LogP contribution >= 0.6 is 0 Å². The molecular formula is C31H41NO6. The van der Waals surface area contributed by atoms with Crippen molar-refractivity contribution in [2.75, 3.05) is 19.8 Å². The Labute approximate surface area is 226 Å². The first-order valence-corrected chi connectivity index (χ1v) is 13.5. The summed E-state index contributed by atoms with van der Waals surface area (Å²) in [4.78, 5) is 24.8. The van der Waals surface area contributed by atoms with Crippen molar-refractivity contribution in [3.05, 3.63) is 70.8 Å². The van der Waals surface area contributed by atoms with E-state index < -0.39 is 23.5 Å². The molecule has 2 aromatic carbocycles. The second-order valence-corrected chi connectivity index (χ2v) is 12.3. The molecule has 2 atom stereocenters. The van der Waals surface area contributed by atoms with Gasteiger partial charge in [-0.25, -0.2) is 4.79 Å². The largest absolute Gasteiger partial charge is 0.465 e. The third kappa shape index (κ3) is 6.56. The summed E-state index contributed by atoms with van der Waals surface area (Å²) in [5.41, 5.74) is 2.94. The van der Waals surface area contributed by atoms with Gasteiger partial charge in [0.2, 0.25) is 0 Å². The molecule has 0 unspecified atom stereocenters. The minimum absolute atomic E-state index is 0.128. The minimum Gasteiger partial charge on any atom is -0.465 e. The number of carbonyl (C=O) groups is 2. The van der Waals surface area contributed by atoms with Crippen LogP contribution in [0, 0.1) is 11.3 Å². The highest BCUT2D eigenvalue weighted by Crippen LogP contribution is 2.49. The van der Waals surface area contributed by atoms with Crippen LogP contribution in [0.25, 0.3) is 0 Å². The van der Waals surface area contributed by atoms with Gasteiger partial charge in [0.1, 0.15) is 5.60 Å². The summed E-state index contributed by atoms with van der Waals surface area (Å²) < 4.78 is 23.6. The lowest BCUT2D eigenvalue weighted by Crippen LogP contribution is -2.43. The van der Waals surface area contributed by atoms with Crippen molar-refractivity contribution in [1.82, 2.24) is 5.32 Å². The third-order valence-electron chi connectivity index (χ3n) is 6.96. The standard InChI is InChI=1S/C31H41NO6/c1-29(2,3)31(36-14-15-37-31)25-13-12-22(16-23-19-27(33)35-20-23)17-24(25)26(18-21-10-8-7-9-11-21)32-28(34)38-30(4,5)6/h7-13,17,23,26H,14-16,18-20H2,1-6H3,(H,32,34)/t23-,26-/m0/s1. The lowest BCUT2D eigenvalue weighted by atomic mass is 9.77. The van der Waals surface area contributed by atoms with Gasteiger partial charge in [0.25, 0.3) is 0 Å². The van der Waals surface area contributed by atoms with Gasteiger partial charge in [-0.2, -0.15) is 0 Å². The van der Waals surface area contributed by atoms with Crippen LogP contribution in [-0.4, -0.2) is 37.5 Å². The second kappa shape index (κ2) is 11.1. The number of esters is 1. The monoisotopic (exact) mass is 523 g/mol. The first-order chi connectivity index (χ1) is 17.9. The van der Waals surface area contributed by atoms with E-state index in [1.807, 2.05) is 39.0 Å². The molecule has 1 N–H and O–H groups in total. The first kappa shape index (κ1) is 28.1. The smallest absolute Gasteiger partial charge is 0.408 e. The molecule has 2 fully saturated rings. The number of cyclic esters (lactones) is 1. The summed E-state index contributed by atoms with van der Waals surface area (Å²) in [7, 11) is 0. The molecule has 0 bridgehead atoms. The first-order valence-electron chi connectivity index (χ1n) is 13.5. The van der Waals surface area contributed by atoms with E-state index in [2.05, 4.69) is 56.4 Å². The van der Waals surface area contributed by atoms with Gasteiger partial charge >= 0.3 is 12.1 Å². The lowest BCUT2D eigenvalue weighted by molar-refractivity contribution is -0.233. The van der Waals surface area contributed by atoms with Crippen LogP contribution in [0.3, 0.4) is 0 Å². The van der Waals surface area contributed by atoms with Crippen molar-refractivity contribution < 1.29 is 28.5 Å². The Morgan fingerprint density at radius 1 is 1.03 bits per heavy atom. The summed E-state index contributed by atoms with van der Waals surface area (Å²) in [5.74, 6) is -0.999. The Bertz CT molecular complexity index is 1130. The van der Waals surface area contributed by atoms with Crippen LogP contribution < -0.4 is 5.32 Å². The molecule has 0 radical (unpaired) electrons. The molecule has 2 heterocycles. The summed E-state index contributed by atoms with van der Waals surface area (Å²) in [6, 6.07) is 15.9. The fraction of sp³-hybridized carbons (Fsp3) is 0.548. The zero-order valence-electron chi connectivity index (χ0n) is 23.5. The Balaban J connectivity index is 1.80.